The van der Waals surface area contributed by atoms with Crippen LogP contribution in [0.5, 0.6) is 0 Å². The minimum absolute atomic E-state index is 0.0190. The van der Waals surface area contributed by atoms with E-state index in [-0.39, 0.29) is 16.5 Å². The van der Waals surface area contributed by atoms with Crippen molar-refractivity contribution in [3.63, 3.8) is 0 Å². The lowest BCUT2D eigenvalue weighted by Gasteiger charge is -2.43. The molecule has 156 valence electrons. The molecule has 3 rings (SSSR count). The Morgan fingerprint density at radius 3 is 2.69 bits per heavy atom. The van der Waals surface area contributed by atoms with Gasteiger partial charge >= 0.3 is 11.9 Å². The summed E-state index contributed by atoms with van der Waals surface area (Å²) in [5.41, 5.74) is 1.64. The first kappa shape index (κ1) is 21.3. The highest BCUT2D eigenvalue weighted by Gasteiger charge is 2.37. The van der Waals surface area contributed by atoms with Gasteiger partial charge in [-0.2, -0.15) is 0 Å². The van der Waals surface area contributed by atoms with Crippen LogP contribution in [0.4, 0.5) is 0 Å². The van der Waals surface area contributed by atoms with Gasteiger partial charge in [0.1, 0.15) is 0 Å². The van der Waals surface area contributed by atoms with Crippen molar-refractivity contribution in [3.8, 4) is 0 Å². The number of carboxylic acid groups (broad SMARTS) is 1. The molecule has 1 aliphatic heterocycles. The summed E-state index contributed by atoms with van der Waals surface area (Å²) < 4.78 is 5.36. The fourth-order valence-corrected chi connectivity index (χ4v) is 4.62. The van der Waals surface area contributed by atoms with E-state index < -0.39 is 11.9 Å². The first-order valence-corrected chi connectivity index (χ1v) is 10.6. The lowest BCUT2D eigenvalue weighted by Crippen LogP contribution is -2.47. The van der Waals surface area contributed by atoms with E-state index in [1.54, 1.807) is 12.1 Å². The molecule has 1 unspecified atom stereocenters. The quantitative estimate of drug-likeness (QED) is 0.489. The van der Waals surface area contributed by atoms with Gasteiger partial charge in [-0.05, 0) is 64.1 Å². The summed E-state index contributed by atoms with van der Waals surface area (Å²) in [7, 11) is 0. The molecule has 1 aromatic carbocycles. The monoisotopic (exact) mass is 397 g/mol. The van der Waals surface area contributed by atoms with E-state index in [2.05, 4.69) is 30.5 Å². The van der Waals surface area contributed by atoms with Crippen LogP contribution in [0.15, 0.2) is 48.1 Å². The molecule has 29 heavy (non-hydrogen) atoms. The predicted octanol–water partition coefficient (Wildman–Crippen LogP) is 4.75. The second-order valence-corrected chi connectivity index (χ2v) is 8.23. The van der Waals surface area contributed by atoms with E-state index >= 15 is 0 Å². The molecular formula is C24H31NO4. The summed E-state index contributed by atoms with van der Waals surface area (Å²) in [6, 6.07) is 6.67. The number of rotatable bonds is 8. The maximum absolute atomic E-state index is 12.3. The number of unbranched alkanes of at least 4 members (excludes halogenated alkanes) is 1. The average molecular weight is 398 g/mol. The summed E-state index contributed by atoms with van der Waals surface area (Å²) in [5.74, 6) is -1.69. The van der Waals surface area contributed by atoms with Gasteiger partial charge in [-0.3, -0.25) is 0 Å². The molecular weight excluding hydrogens is 366 g/mol. The predicted molar refractivity (Wildman–Crippen MR) is 113 cm³/mol. The number of allylic oxidation sites excluding steroid dienone is 3. The largest absolute Gasteiger partial charge is 0.478 e. The Hall–Kier alpha value is -2.40. The second kappa shape index (κ2) is 9.88. The Morgan fingerprint density at radius 2 is 2.00 bits per heavy atom. The minimum Gasteiger partial charge on any atom is -0.478 e. The minimum atomic E-state index is -1.12. The van der Waals surface area contributed by atoms with Gasteiger partial charge in [-0.15, -0.1) is 0 Å². The summed E-state index contributed by atoms with van der Waals surface area (Å²) in [4.78, 5) is 23.5. The number of hydrogen-bond acceptors (Lipinski definition) is 4. The normalized spacial score (nSPS) is 24.0. The molecule has 2 aliphatic rings. The molecule has 0 saturated carbocycles. The van der Waals surface area contributed by atoms with Crippen LogP contribution in [0.25, 0.3) is 0 Å². The molecule has 1 aromatic rings. The zero-order valence-electron chi connectivity index (χ0n) is 17.2. The molecule has 0 aromatic heterocycles. The van der Waals surface area contributed by atoms with E-state index in [9.17, 15) is 14.7 Å². The fraction of sp³-hybridized carbons (Fsp3) is 0.500. The molecule has 1 heterocycles. The van der Waals surface area contributed by atoms with E-state index in [0.717, 1.165) is 32.2 Å². The molecule has 0 amide bonds. The number of nitrogens with one attached hydrogen (secondary N) is 1. The standard InChI is InChI=1S/C24H31NO4/c1-18-9-8-14-24(17-18,21-12-4-6-15-25-21)13-5-7-16-29-23(28)20-11-3-2-10-19(20)22(26)27/h2-3,8-11,14,21,25H,4-7,12-13,15-17H2,1H3,(H,26,27)/t21?,24-/m0/s1. The third-order valence-electron chi connectivity index (χ3n) is 6.07. The number of hydrogen-bond donors (Lipinski definition) is 2. The average Bonchev–Trinajstić information content (AvgIpc) is 2.74. The summed E-state index contributed by atoms with van der Waals surface area (Å²) >= 11 is 0. The van der Waals surface area contributed by atoms with Crippen molar-refractivity contribution >= 4 is 11.9 Å². The van der Waals surface area contributed by atoms with Crippen molar-refractivity contribution < 1.29 is 19.4 Å². The van der Waals surface area contributed by atoms with E-state index in [1.807, 2.05) is 0 Å². The lowest BCUT2D eigenvalue weighted by molar-refractivity contribution is 0.0483. The van der Waals surface area contributed by atoms with Crippen molar-refractivity contribution in [2.45, 2.75) is 57.9 Å². The van der Waals surface area contributed by atoms with Crippen molar-refractivity contribution in [2.24, 2.45) is 5.41 Å². The van der Waals surface area contributed by atoms with Crippen LogP contribution in [0, 0.1) is 5.41 Å². The second-order valence-electron chi connectivity index (χ2n) is 8.23. The Morgan fingerprint density at radius 1 is 1.21 bits per heavy atom. The molecule has 1 fully saturated rings. The fourth-order valence-electron chi connectivity index (χ4n) is 4.62. The smallest absolute Gasteiger partial charge is 0.339 e. The zero-order chi connectivity index (χ0) is 20.7. The Labute approximate surface area is 172 Å². The molecule has 5 nitrogen and oxygen atoms in total. The molecule has 5 heteroatoms. The maximum Gasteiger partial charge on any atom is 0.339 e. The van der Waals surface area contributed by atoms with Gasteiger partial charge in [0, 0.05) is 11.5 Å². The summed E-state index contributed by atoms with van der Waals surface area (Å²) in [5, 5.41) is 12.9. The van der Waals surface area contributed by atoms with Crippen molar-refractivity contribution in [3.05, 3.63) is 59.2 Å². The Balaban J connectivity index is 1.52. The van der Waals surface area contributed by atoms with Crippen LogP contribution in [-0.4, -0.2) is 36.2 Å². The lowest BCUT2D eigenvalue weighted by atomic mass is 9.67. The molecule has 2 N–H and O–H groups in total. The summed E-state index contributed by atoms with van der Waals surface area (Å²) in [6.07, 6.45) is 14.4. The SMILES string of the molecule is CC1=CC=C[C@](CCCCOC(=O)c2ccccc2C(=O)O)(C2CCCCN2)C1. The Bertz CT molecular complexity index is 792. The highest BCUT2D eigenvalue weighted by Crippen LogP contribution is 2.42. The van der Waals surface area contributed by atoms with Crippen LogP contribution < -0.4 is 5.32 Å². The first-order valence-electron chi connectivity index (χ1n) is 10.6. The van der Waals surface area contributed by atoms with E-state index in [1.165, 1.54) is 37.0 Å². The first-order chi connectivity index (χ1) is 14.0. The molecule has 1 aliphatic carbocycles. The van der Waals surface area contributed by atoms with E-state index in [0.29, 0.717) is 12.6 Å². The van der Waals surface area contributed by atoms with Gasteiger partial charge in [0.25, 0.3) is 0 Å². The number of benzene rings is 1. The summed E-state index contributed by atoms with van der Waals surface area (Å²) in [6.45, 7) is 3.59. The van der Waals surface area contributed by atoms with E-state index in [4.69, 9.17) is 4.74 Å². The Kier molecular flexibility index (Phi) is 7.26. The van der Waals surface area contributed by atoms with Gasteiger partial charge in [-0.25, -0.2) is 9.59 Å². The topological polar surface area (TPSA) is 75.6 Å². The van der Waals surface area contributed by atoms with Gasteiger partial charge in [0.15, 0.2) is 0 Å². The van der Waals surface area contributed by atoms with Crippen molar-refractivity contribution in [1.82, 2.24) is 5.32 Å². The van der Waals surface area contributed by atoms with Gasteiger partial charge in [0.2, 0.25) is 0 Å². The molecule has 0 radical (unpaired) electrons. The van der Waals surface area contributed by atoms with Crippen LogP contribution >= 0.6 is 0 Å². The molecule has 0 bridgehead atoms. The number of carbonyl (C=O) groups is 2. The van der Waals surface area contributed by atoms with Crippen LogP contribution in [0.1, 0.15) is 72.6 Å². The van der Waals surface area contributed by atoms with Crippen molar-refractivity contribution in [2.75, 3.05) is 13.2 Å². The van der Waals surface area contributed by atoms with Gasteiger partial charge < -0.3 is 15.2 Å². The number of aromatic carboxylic acids is 1. The number of ether oxygens (including phenoxy) is 1. The highest BCUT2D eigenvalue weighted by atomic mass is 16.5. The van der Waals surface area contributed by atoms with Crippen LogP contribution in [-0.2, 0) is 4.74 Å². The number of carboxylic acids is 1. The molecule has 1 saturated heterocycles. The zero-order valence-corrected chi connectivity index (χ0v) is 17.2. The van der Waals surface area contributed by atoms with Gasteiger partial charge in [-0.1, -0.05) is 42.4 Å². The molecule has 0 spiro atoms. The third-order valence-corrected chi connectivity index (χ3v) is 6.07. The van der Waals surface area contributed by atoms with Crippen molar-refractivity contribution in [1.29, 1.82) is 0 Å². The maximum atomic E-state index is 12.3. The highest BCUT2D eigenvalue weighted by molar-refractivity contribution is 6.02. The molecule has 2 atom stereocenters. The van der Waals surface area contributed by atoms with Gasteiger partial charge in [0.05, 0.1) is 17.7 Å². The van der Waals surface area contributed by atoms with Crippen LogP contribution in [0.3, 0.4) is 0 Å². The third kappa shape index (κ3) is 5.36. The van der Waals surface area contributed by atoms with Crippen LogP contribution in [0.2, 0.25) is 0 Å². The number of piperidine rings is 1. The number of esters is 1. The number of carbonyl (C=O) groups excluding carboxylic acids is 1.